The Balaban J connectivity index is 1.60. The summed E-state index contributed by atoms with van der Waals surface area (Å²) >= 11 is 0. The second kappa shape index (κ2) is 8.99. The van der Waals surface area contributed by atoms with Gasteiger partial charge in [-0.15, -0.1) is 0 Å². The van der Waals surface area contributed by atoms with Gasteiger partial charge in [0, 0.05) is 29.0 Å². The van der Waals surface area contributed by atoms with E-state index in [0.29, 0.717) is 29.3 Å². The smallest absolute Gasteiger partial charge is 0.162 e. The van der Waals surface area contributed by atoms with Crippen LogP contribution in [0.1, 0.15) is 16.7 Å². The number of para-hydroxylation sites is 1. The van der Waals surface area contributed by atoms with E-state index in [1.165, 1.54) is 0 Å². The maximum atomic E-state index is 11.3. The molecule has 0 atom stereocenters. The van der Waals surface area contributed by atoms with Gasteiger partial charge in [0.25, 0.3) is 0 Å². The minimum Gasteiger partial charge on any atom is -0.504 e. The van der Waals surface area contributed by atoms with Crippen molar-refractivity contribution in [3.05, 3.63) is 102 Å². The number of rotatable bonds is 0. The fourth-order valence-corrected chi connectivity index (χ4v) is 4.95. The summed E-state index contributed by atoms with van der Waals surface area (Å²) in [5, 5.41) is 38.3. The number of hydrogen-bond donors (Lipinski definition) is 6. The molecule has 0 spiro atoms. The molecule has 0 saturated heterocycles. The summed E-state index contributed by atoms with van der Waals surface area (Å²) in [5.74, 6) is 0.297. The van der Waals surface area contributed by atoms with Gasteiger partial charge in [0.05, 0.1) is 22.7 Å². The van der Waals surface area contributed by atoms with E-state index in [4.69, 9.17) is 0 Å². The Labute approximate surface area is 215 Å². The minimum absolute atomic E-state index is 0.140. The maximum absolute atomic E-state index is 11.3. The van der Waals surface area contributed by atoms with Crippen molar-refractivity contribution in [1.29, 1.82) is 0 Å². The third-order valence-electron chi connectivity index (χ3n) is 6.71. The Kier molecular flexibility index (Phi) is 5.49. The van der Waals surface area contributed by atoms with Crippen molar-refractivity contribution >= 4 is 50.6 Å². The molecule has 6 rings (SSSR count). The fraction of sp³-hybridized carbons (Fsp3) is 0.0968. The van der Waals surface area contributed by atoms with E-state index in [9.17, 15) is 10.2 Å². The van der Waals surface area contributed by atoms with Crippen molar-refractivity contribution in [2.24, 2.45) is 0 Å². The lowest BCUT2D eigenvalue weighted by molar-refractivity contribution is 0.479. The molecule has 6 N–H and O–H groups in total. The lowest BCUT2D eigenvalue weighted by atomic mass is 10.0. The number of hydrogen-bond acceptors (Lipinski definition) is 6. The first kappa shape index (κ1) is 22.6. The quantitative estimate of drug-likeness (QED) is 0.124. The summed E-state index contributed by atoms with van der Waals surface area (Å²) in [6.07, 6.45) is 0. The monoisotopic (exact) mass is 488 g/mol. The first-order valence-corrected chi connectivity index (χ1v) is 12.3. The molecule has 37 heavy (non-hydrogen) atoms. The highest BCUT2D eigenvalue weighted by Crippen LogP contribution is 2.43. The highest BCUT2D eigenvalue weighted by Gasteiger charge is 2.16. The van der Waals surface area contributed by atoms with Crippen LogP contribution in [0.3, 0.4) is 0 Å². The Morgan fingerprint density at radius 3 is 1.65 bits per heavy atom. The highest BCUT2D eigenvalue weighted by molar-refractivity contribution is 6.06. The third kappa shape index (κ3) is 4.23. The topological polar surface area (TPSA) is 88.6 Å². The Bertz CT molecular complexity index is 1660. The van der Waals surface area contributed by atoms with Crippen molar-refractivity contribution in [1.82, 2.24) is 0 Å². The average Bonchev–Trinajstić information content (AvgIpc) is 2.88. The number of anilines is 7. The summed E-state index contributed by atoms with van der Waals surface area (Å²) in [5.41, 5.74) is 8.04. The average molecular weight is 489 g/mol. The maximum Gasteiger partial charge on any atom is 0.162 e. The number of aromatic hydroxyl groups is 2. The van der Waals surface area contributed by atoms with Crippen LogP contribution in [0.2, 0.25) is 0 Å². The summed E-state index contributed by atoms with van der Waals surface area (Å²) in [4.78, 5) is 0. The van der Waals surface area contributed by atoms with E-state index in [1.807, 2.05) is 98.8 Å². The molecule has 5 aromatic rings. The van der Waals surface area contributed by atoms with Crippen LogP contribution in [0.4, 0.5) is 39.8 Å². The number of phenols is 2. The van der Waals surface area contributed by atoms with Gasteiger partial charge >= 0.3 is 0 Å². The minimum atomic E-state index is 0.140. The number of benzene rings is 5. The van der Waals surface area contributed by atoms with E-state index in [2.05, 4.69) is 21.3 Å². The van der Waals surface area contributed by atoms with E-state index in [1.54, 1.807) is 0 Å². The van der Waals surface area contributed by atoms with E-state index in [-0.39, 0.29) is 11.5 Å². The zero-order valence-electron chi connectivity index (χ0n) is 20.7. The van der Waals surface area contributed by atoms with Gasteiger partial charge in [0.2, 0.25) is 0 Å². The van der Waals surface area contributed by atoms with Crippen molar-refractivity contribution in [3.63, 3.8) is 0 Å². The van der Waals surface area contributed by atoms with E-state index in [0.717, 1.165) is 44.5 Å². The second-order valence-corrected chi connectivity index (χ2v) is 9.51. The molecule has 6 nitrogen and oxygen atoms in total. The highest BCUT2D eigenvalue weighted by atomic mass is 16.3. The van der Waals surface area contributed by atoms with Gasteiger partial charge in [0.1, 0.15) is 0 Å². The molecule has 0 aromatic heterocycles. The van der Waals surface area contributed by atoms with Gasteiger partial charge in [-0.1, -0.05) is 42.5 Å². The first-order chi connectivity index (χ1) is 18.0. The predicted molar refractivity (Wildman–Crippen MR) is 153 cm³/mol. The van der Waals surface area contributed by atoms with Crippen LogP contribution in [0, 0.1) is 13.8 Å². The first-order valence-electron chi connectivity index (χ1n) is 12.3. The predicted octanol–water partition coefficient (Wildman–Crippen LogP) is 8.02. The molecule has 184 valence electrons. The number of phenolic OH excluding ortho intramolecular Hbond substituents is 2. The molecule has 6 heteroatoms. The lowest BCUT2D eigenvalue weighted by Crippen LogP contribution is -2.05. The van der Waals surface area contributed by atoms with Gasteiger partial charge in [0.15, 0.2) is 11.5 Å². The molecule has 1 aliphatic heterocycles. The third-order valence-corrected chi connectivity index (χ3v) is 6.71. The molecule has 5 aromatic carbocycles. The molecular weight excluding hydrogens is 460 g/mol. The van der Waals surface area contributed by atoms with Gasteiger partial charge in [-0.2, -0.15) is 0 Å². The summed E-state index contributed by atoms with van der Waals surface area (Å²) in [6, 6.07) is 27.7. The van der Waals surface area contributed by atoms with Crippen LogP contribution in [-0.4, -0.2) is 10.2 Å². The number of aryl methyl sites for hydroxylation is 2. The van der Waals surface area contributed by atoms with Crippen LogP contribution < -0.4 is 21.3 Å². The molecule has 0 fully saturated rings. The van der Waals surface area contributed by atoms with Crippen molar-refractivity contribution < 1.29 is 10.2 Å². The van der Waals surface area contributed by atoms with Crippen molar-refractivity contribution in [2.75, 3.05) is 21.3 Å². The SMILES string of the molecule is Cc1cc2c(O)c(c1)Nc1cccc3cccc(c13)Nc1cc(C)cc(c1O)Nc1ccccc1CN2. The summed E-state index contributed by atoms with van der Waals surface area (Å²) < 4.78 is 0. The second-order valence-electron chi connectivity index (χ2n) is 9.51. The van der Waals surface area contributed by atoms with Crippen LogP contribution in [0.25, 0.3) is 10.8 Å². The molecule has 0 radical (unpaired) electrons. The van der Waals surface area contributed by atoms with Crippen LogP contribution >= 0.6 is 0 Å². The van der Waals surface area contributed by atoms with Crippen LogP contribution in [-0.2, 0) is 6.54 Å². The Hall–Kier alpha value is -4.84. The van der Waals surface area contributed by atoms with Crippen LogP contribution in [0.5, 0.6) is 11.5 Å². The van der Waals surface area contributed by atoms with Gasteiger partial charge < -0.3 is 31.5 Å². The molecule has 0 unspecified atom stereocenters. The molecule has 0 aliphatic carbocycles. The molecule has 1 heterocycles. The van der Waals surface area contributed by atoms with Crippen molar-refractivity contribution in [3.8, 4) is 11.5 Å². The summed E-state index contributed by atoms with van der Waals surface area (Å²) in [6.45, 7) is 4.50. The standard InChI is InChI=1S/C31H28N4O2/c1-18-13-25-30(36)26(14-18)34-23-11-5-8-20-9-6-12-24(29(20)23)35-28-16-19(2)15-27(31(28)37)33-22-10-4-3-7-21(22)17-32-25/h3-16,32-37H,17H2,1-2H3. The normalized spacial score (nSPS) is 12.5. The number of nitrogens with one attached hydrogen (secondary N) is 4. The van der Waals surface area contributed by atoms with E-state index < -0.39 is 0 Å². The van der Waals surface area contributed by atoms with Crippen molar-refractivity contribution in [2.45, 2.75) is 20.4 Å². The fourth-order valence-electron chi connectivity index (χ4n) is 4.95. The zero-order valence-corrected chi connectivity index (χ0v) is 20.7. The largest absolute Gasteiger partial charge is 0.504 e. The van der Waals surface area contributed by atoms with Gasteiger partial charge in [-0.25, -0.2) is 0 Å². The van der Waals surface area contributed by atoms with Crippen LogP contribution in [0.15, 0.2) is 84.9 Å². The van der Waals surface area contributed by atoms with Gasteiger partial charge in [-0.3, -0.25) is 0 Å². The van der Waals surface area contributed by atoms with E-state index >= 15 is 0 Å². The van der Waals surface area contributed by atoms with Gasteiger partial charge in [-0.05, 0) is 78.4 Å². The molecule has 4 bridgehead atoms. The number of fused-ring (bicyclic) bond motifs is 5. The lowest BCUT2D eigenvalue weighted by Gasteiger charge is -2.21. The Morgan fingerprint density at radius 2 is 1.03 bits per heavy atom. The molecule has 0 saturated carbocycles. The Morgan fingerprint density at radius 1 is 0.541 bits per heavy atom. The molecule has 1 aliphatic rings. The molecule has 0 amide bonds. The molecular formula is C31H28N4O2. The summed E-state index contributed by atoms with van der Waals surface area (Å²) in [7, 11) is 0. The zero-order chi connectivity index (χ0) is 25.5.